The van der Waals surface area contributed by atoms with Gasteiger partial charge in [0.05, 0.1) is 6.61 Å². The topological polar surface area (TPSA) is 38.3 Å². The molecule has 0 amide bonds. The maximum atomic E-state index is 11.5. The van der Waals surface area contributed by atoms with E-state index in [0.29, 0.717) is 19.1 Å². The van der Waals surface area contributed by atoms with Crippen LogP contribution in [0.2, 0.25) is 0 Å². The smallest absolute Gasteiger partial charge is 0.162 e. The van der Waals surface area contributed by atoms with E-state index in [4.69, 9.17) is 4.74 Å². The summed E-state index contributed by atoms with van der Waals surface area (Å²) < 4.78 is 5.13. The number of nitrogens with one attached hydrogen (secondary N) is 1. The summed E-state index contributed by atoms with van der Waals surface area (Å²) in [5.41, 5.74) is 1.80. The number of carbonyl (C=O) groups excluding carboxylic acids is 1. The second-order valence-corrected chi connectivity index (χ2v) is 4.06. The van der Waals surface area contributed by atoms with Crippen molar-refractivity contribution in [3.05, 3.63) is 29.8 Å². The molecule has 17 heavy (non-hydrogen) atoms. The van der Waals surface area contributed by atoms with Crippen LogP contribution in [-0.4, -0.2) is 25.5 Å². The van der Waals surface area contributed by atoms with E-state index in [1.54, 1.807) is 7.11 Å². The number of ketones is 1. The van der Waals surface area contributed by atoms with Crippen molar-refractivity contribution < 1.29 is 9.53 Å². The van der Waals surface area contributed by atoms with Crippen molar-refractivity contribution in [2.75, 3.05) is 19.0 Å². The molecule has 0 saturated heterocycles. The van der Waals surface area contributed by atoms with Gasteiger partial charge in [0.1, 0.15) is 0 Å². The van der Waals surface area contributed by atoms with Crippen molar-refractivity contribution in [2.24, 2.45) is 0 Å². The highest BCUT2D eigenvalue weighted by molar-refractivity contribution is 5.96. The van der Waals surface area contributed by atoms with Gasteiger partial charge in [-0.15, -0.1) is 0 Å². The van der Waals surface area contributed by atoms with Crippen LogP contribution in [0.3, 0.4) is 0 Å². The third kappa shape index (κ3) is 4.19. The van der Waals surface area contributed by atoms with Gasteiger partial charge in [0.15, 0.2) is 5.78 Å². The molecule has 0 spiro atoms. The van der Waals surface area contributed by atoms with Gasteiger partial charge >= 0.3 is 0 Å². The maximum Gasteiger partial charge on any atom is 0.162 e. The molecule has 1 aromatic rings. The van der Waals surface area contributed by atoms with E-state index in [2.05, 4.69) is 12.2 Å². The van der Waals surface area contributed by atoms with Crippen LogP contribution in [-0.2, 0) is 4.74 Å². The molecule has 0 saturated carbocycles. The highest BCUT2D eigenvalue weighted by Gasteiger charge is 2.06. The molecule has 0 aliphatic rings. The average Bonchev–Trinajstić information content (AvgIpc) is 2.38. The number of ether oxygens (including phenoxy) is 1. The van der Waals surface area contributed by atoms with Crippen molar-refractivity contribution in [3.8, 4) is 0 Å². The van der Waals surface area contributed by atoms with Gasteiger partial charge in [-0.2, -0.15) is 0 Å². The SMILES string of the molecule is CCC(=O)c1ccc(NC(CC)COC)cc1. The Morgan fingerprint density at radius 3 is 2.41 bits per heavy atom. The Balaban J connectivity index is 2.64. The molecule has 3 nitrogen and oxygen atoms in total. The quantitative estimate of drug-likeness (QED) is 0.738. The van der Waals surface area contributed by atoms with Crippen molar-refractivity contribution in [1.29, 1.82) is 0 Å². The lowest BCUT2D eigenvalue weighted by Crippen LogP contribution is -2.23. The molecule has 1 rings (SSSR count). The molecule has 1 aromatic carbocycles. The van der Waals surface area contributed by atoms with Gasteiger partial charge in [0.2, 0.25) is 0 Å². The van der Waals surface area contributed by atoms with E-state index in [9.17, 15) is 4.79 Å². The van der Waals surface area contributed by atoms with Crippen molar-refractivity contribution in [2.45, 2.75) is 32.7 Å². The van der Waals surface area contributed by atoms with E-state index in [-0.39, 0.29) is 5.78 Å². The van der Waals surface area contributed by atoms with Crippen molar-refractivity contribution in [3.63, 3.8) is 0 Å². The second-order valence-electron chi connectivity index (χ2n) is 4.06. The summed E-state index contributed by atoms with van der Waals surface area (Å²) in [4.78, 5) is 11.5. The number of methoxy groups -OCH3 is 1. The van der Waals surface area contributed by atoms with Crippen LogP contribution in [0.1, 0.15) is 37.0 Å². The molecule has 0 radical (unpaired) electrons. The first-order valence-corrected chi connectivity index (χ1v) is 6.10. The normalized spacial score (nSPS) is 12.2. The fourth-order valence-corrected chi connectivity index (χ4v) is 1.65. The first-order valence-electron chi connectivity index (χ1n) is 6.10. The van der Waals surface area contributed by atoms with E-state index < -0.39 is 0 Å². The highest BCUT2D eigenvalue weighted by Crippen LogP contribution is 2.13. The van der Waals surface area contributed by atoms with E-state index >= 15 is 0 Å². The van der Waals surface area contributed by atoms with Gasteiger partial charge < -0.3 is 10.1 Å². The molecule has 0 aliphatic carbocycles. The summed E-state index contributed by atoms with van der Waals surface area (Å²) in [6.45, 7) is 4.68. The second kappa shape index (κ2) is 7.07. The molecule has 94 valence electrons. The molecule has 0 aromatic heterocycles. The zero-order valence-corrected chi connectivity index (χ0v) is 10.8. The Morgan fingerprint density at radius 2 is 1.94 bits per heavy atom. The standard InChI is InChI=1S/C14H21NO2/c1-4-12(10-17-3)15-13-8-6-11(7-9-13)14(16)5-2/h6-9,12,15H,4-5,10H2,1-3H3. The molecule has 0 fully saturated rings. The Morgan fingerprint density at radius 1 is 1.29 bits per heavy atom. The van der Waals surface area contributed by atoms with Crippen LogP contribution >= 0.6 is 0 Å². The minimum Gasteiger partial charge on any atom is -0.383 e. The zero-order chi connectivity index (χ0) is 12.7. The summed E-state index contributed by atoms with van der Waals surface area (Å²) in [6.07, 6.45) is 1.55. The first-order chi connectivity index (χ1) is 8.21. The highest BCUT2D eigenvalue weighted by atomic mass is 16.5. The molecule has 0 heterocycles. The molecular weight excluding hydrogens is 214 g/mol. The minimum atomic E-state index is 0.181. The molecule has 1 N–H and O–H groups in total. The lowest BCUT2D eigenvalue weighted by Gasteiger charge is -2.17. The number of hydrogen-bond donors (Lipinski definition) is 1. The Hall–Kier alpha value is -1.35. The molecular formula is C14H21NO2. The van der Waals surface area contributed by atoms with Crippen LogP contribution in [0, 0.1) is 0 Å². The largest absolute Gasteiger partial charge is 0.383 e. The van der Waals surface area contributed by atoms with Gasteiger partial charge in [-0.1, -0.05) is 13.8 Å². The molecule has 0 aliphatic heterocycles. The Bertz CT molecular complexity index is 346. The fraction of sp³-hybridized carbons (Fsp3) is 0.500. The first kappa shape index (κ1) is 13.7. The third-order valence-corrected chi connectivity index (χ3v) is 2.76. The van der Waals surface area contributed by atoms with Gasteiger partial charge in [0.25, 0.3) is 0 Å². The number of hydrogen-bond acceptors (Lipinski definition) is 3. The minimum absolute atomic E-state index is 0.181. The van der Waals surface area contributed by atoms with Crippen LogP contribution in [0.4, 0.5) is 5.69 Å². The number of rotatable bonds is 7. The molecule has 1 unspecified atom stereocenters. The summed E-state index contributed by atoms with van der Waals surface area (Å²) in [7, 11) is 1.70. The number of Topliss-reactive ketones (excluding diaryl/α,β-unsaturated/α-hetero) is 1. The van der Waals surface area contributed by atoms with Crippen LogP contribution in [0.15, 0.2) is 24.3 Å². The Labute approximate surface area is 103 Å². The van der Waals surface area contributed by atoms with Crippen molar-refractivity contribution in [1.82, 2.24) is 0 Å². The monoisotopic (exact) mass is 235 g/mol. The molecule has 0 bridgehead atoms. The van der Waals surface area contributed by atoms with Crippen LogP contribution < -0.4 is 5.32 Å². The maximum absolute atomic E-state index is 11.5. The third-order valence-electron chi connectivity index (χ3n) is 2.76. The van der Waals surface area contributed by atoms with Gasteiger partial charge in [-0.3, -0.25) is 4.79 Å². The lowest BCUT2D eigenvalue weighted by molar-refractivity contribution is 0.0988. The fourth-order valence-electron chi connectivity index (χ4n) is 1.65. The van der Waals surface area contributed by atoms with Gasteiger partial charge in [0, 0.05) is 30.8 Å². The van der Waals surface area contributed by atoms with Gasteiger partial charge in [-0.25, -0.2) is 0 Å². The Kier molecular flexibility index (Phi) is 5.70. The van der Waals surface area contributed by atoms with Crippen molar-refractivity contribution >= 4 is 11.5 Å². The number of anilines is 1. The predicted octanol–water partition coefficient (Wildman–Crippen LogP) is 3.12. The summed E-state index contributed by atoms with van der Waals surface area (Å²) >= 11 is 0. The van der Waals surface area contributed by atoms with E-state index in [1.807, 2.05) is 31.2 Å². The summed E-state index contributed by atoms with van der Waals surface area (Å²) in [5, 5.41) is 3.38. The molecule has 3 heteroatoms. The summed E-state index contributed by atoms with van der Waals surface area (Å²) in [5.74, 6) is 0.181. The summed E-state index contributed by atoms with van der Waals surface area (Å²) in [6, 6.07) is 7.94. The van der Waals surface area contributed by atoms with E-state index in [1.165, 1.54) is 0 Å². The van der Waals surface area contributed by atoms with Crippen LogP contribution in [0.25, 0.3) is 0 Å². The number of carbonyl (C=O) groups is 1. The predicted molar refractivity (Wildman–Crippen MR) is 70.6 cm³/mol. The zero-order valence-electron chi connectivity index (χ0n) is 10.8. The molecule has 1 atom stereocenters. The van der Waals surface area contributed by atoms with E-state index in [0.717, 1.165) is 17.7 Å². The number of benzene rings is 1. The average molecular weight is 235 g/mol. The lowest BCUT2D eigenvalue weighted by atomic mass is 10.1. The van der Waals surface area contributed by atoms with Gasteiger partial charge in [-0.05, 0) is 30.7 Å². The van der Waals surface area contributed by atoms with Crippen LogP contribution in [0.5, 0.6) is 0 Å².